The Bertz CT molecular complexity index is 1230. The zero-order valence-electron chi connectivity index (χ0n) is 16.5. The number of rotatable bonds is 3. The molecule has 6 rings (SSSR count). The van der Waals surface area contributed by atoms with Crippen LogP contribution in [0.4, 0.5) is 0 Å². The summed E-state index contributed by atoms with van der Waals surface area (Å²) >= 11 is 0. The minimum atomic E-state index is -0.0719. The summed E-state index contributed by atoms with van der Waals surface area (Å²) < 4.78 is 2.29. The molecule has 1 aromatic heterocycles. The lowest BCUT2D eigenvalue weighted by molar-refractivity contribution is 0.0836. The number of nitrogens with zero attached hydrogens (tertiary/aromatic N) is 2. The van der Waals surface area contributed by atoms with Crippen LogP contribution in [0.5, 0.6) is 0 Å². The quantitative estimate of drug-likeness (QED) is 0.542. The Morgan fingerprint density at radius 1 is 0.900 bits per heavy atom. The summed E-state index contributed by atoms with van der Waals surface area (Å²) in [6, 6.07) is 26.8. The number of nitrogens with one attached hydrogen (secondary N) is 1. The summed E-state index contributed by atoms with van der Waals surface area (Å²) in [6.45, 7) is 0. The lowest BCUT2D eigenvalue weighted by atomic mass is 9.68. The van der Waals surface area contributed by atoms with Crippen molar-refractivity contribution in [3.8, 4) is 22.4 Å². The summed E-state index contributed by atoms with van der Waals surface area (Å²) in [4.78, 5) is 17.2. The molecular weight excluding hydrogens is 370 g/mol. The van der Waals surface area contributed by atoms with Crippen LogP contribution in [0.2, 0.25) is 0 Å². The normalized spacial score (nSPS) is 21.0. The molecular formula is C26H21N3O. The van der Waals surface area contributed by atoms with Gasteiger partial charge in [0.25, 0.3) is 5.91 Å². The average molecular weight is 391 g/mol. The van der Waals surface area contributed by atoms with Crippen LogP contribution in [0, 0.1) is 0 Å². The Morgan fingerprint density at radius 3 is 2.40 bits per heavy atom. The van der Waals surface area contributed by atoms with E-state index < -0.39 is 0 Å². The Morgan fingerprint density at radius 2 is 1.60 bits per heavy atom. The summed E-state index contributed by atoms with van der Waals surface area (Å²) in [7, 11) is 0. The highest BCUT2D eigenvalue weighted by atomic mass is 16.1. The monoisotopic (exact) mass is 391 g/mol. The Labute approximate surface area is 175 Å². The van der Waals surface area contributed by atoms with Gasteiger partial charge < -0.3 is 9.88 Å². The van der Waals surface area contributed by atoms with E-state index in [1.165, 1.54) is 16.8 Å². The van der Waals surface area contributed by atoms with Crippen LogP contribution in [0.3, 0.4) is 0 Å². The predicted molar refractivity (Wildman–Crippen MR) is 117 cm³/mol. The van der Waals surface area contributed by atoms with E-state index in [1.807, 2.05) is 55.0 Å². The van der Waals surface area contributed by atoms with Crippen molar-refractivity contribution in [1.82, 2.24) is 14.9 Å². The van der Waals surface area contributed by atoms with Crippen LogP contribution in [0.15, 0.2) is 91.4 Å². The summed E-state index contributed by atoms with van der Waals surface area (Å²) in [5, 5.41) is 3.22. The van der Waals surface area contributed by atoms with Gasteiger partial charge in [0, 0.05) is 17.2 Å². The number of carbonyl (C=O) groups excluding carboxylic acids is 1. The molecule has 2 aliphatic rings. The first-order valence-electron chi connectivity index (χ1n) is 10.3. The minimum Gasteiger partial charge on any atom is -0.349 e. The molecule has 0 atom stereocenters. The van der Waals surface area contributed by atoms with Gasteiger partial charge in [-0.1, -0.05) is 66.7 Å². The first-order chi connectivity index (χ1) is 14.7. The van der Waals surface area contributed by atoms with Crippen molar-refractivity contribution < 1.29 is 4.79 Å². The first kappa shape index (κ1) is 17.2. The highest BCUT2D eigenvalue weighted by molar-refractivity contribution is 5.95. The molecule has 2 heterocycles. The summed E-state index contributed by atoms with van der Waals surface area (Å²) in [5.41, 5.74) is 6.68. The fraction of sp³-hybridized carbons (Fsp3) is 0.154. The van der Waals surface area contributed by atoms with E-state index in [0.717, 1.165) is 24.0 Å². The zero-order valence-corrected chi connectivity index (χ0v) is 16.5. The van der Waals surface area contributed by atoms with E-state index in [0.29, 0.717) is 5.56 Å². The van der Waals surface area contributed by atoms with Crippen molar-refractivity contribution in [1.29, 1.82) is 0 Å². The third-order valence-corrected chi connectivity index (χ3v) is 6.56. The molecule has 1 N–H and O–H groups in total. The number of amides is 1. The summed E-state index contributed by atoms with van der Waals surface area (Å²) in [6.07, 6.45) is 5.64. The Hall–Kier alpha value is -3.66. The molecule has 4 aromatic rings. The van der Waals surface area contributed by atoms with Gasteiger partial charge in [-0.25, -0.2) is 4.98 Å². The van der Waals surface area contributed by atoms with Gasteiger partial charge in [0.1, 0.15) is 0 Å². The van der Waals surface area contributed by atoms with Gasteiger partial charge in [-0.15, -0.1) is 0 Å². The zero-order chi connectivity index (χ0) is 20.1. The molecule has 0 bridgehead atoms. The predicted octanol–water partition coefficient (Wildman–Crippen LogP) is 4.87. The topological polar surface area (TPSA) is 46.9 Å². The molecule has 30 heavy (non-hydrogen) atoms. The van der Waals surface area contributed by atoms with Gasteiger partial charge in [-0.3, -0.25) is 4.79 Å². The van der Waals surface area contributed by atoms with E-state index in [9.17, 15) is 4.79 Å². The molecule has 1 saturated carbocycles. The molecule has 4 nitrogen and oxygen atoms in total. The van der Waals surface area contributed by atoms with E-state index >= 15 is 0 Å². The number of benzene rings is 3. The molecule has 1 aliphatic heterocycles. The molecule has 0 saturated heterocycles. The molecule has 3 aromatic carbocycles. The van der Waals surface area contributed by atoms with E-state index in [-0.39, 0.29) is 17.5 Å². The van der Waals surface area contributed by atoms with Crippen LogP contribution < -0.4 is 5.32 Å². The van der Waals surface area contributed by atoms with Crippen molar-refractivity contribution in [3.63, 3.8) is 0 Å². The third kappa shape index (κ3) is 2.47. The number of hydrogen-bond donors (Lipinski definition) is 1. The van der Waals surface area contributed by atoms with Crippen LogP contribution >= 0.6 is 0 Å². The standard InChI is InChI=1S/C26H21N3O/c30-25(20-12-10-19(11-13-20)18-6-2-1-3-7-18)28-21-14-26(15-21)23-9-5-4-8-22(23)24-16-27-17-29(24)26/h1-13,16-17,21H,14-15H2,(H,28,30). The smallest absolute Gasteiger partial charge is 0.251 e. The van der Waals surface area contributed by atoms with Crippen molar-refractivity contribution in [3.05, 3.63) is 103 Å². The number of imidazole rings is 1. The summed E-state index contributed by atoms with van der Waals surface area (Å²) in [5.74, 6) is -0.00778. The third-order valence-electron chi connectivity index (χ3n) is 6.56. The molecule has 1 amide bonds. The van der Waals surface area contributed by atoms with Crippen molar-refractivity contribution in [2.45, 2.75) is 24.4 Å². The fourth-order valence-electron chi connectivity index (χ4n) is 5.06. The lowest BCUT2D eigenvalue weighted by Crippen LogP contribution is -2.55. The van der Waals surface area contributed by atoms with Gasteiger partial charge in [-0.2, -0.15) is 0 Å². The largest absolute Gasteiger partial charge is 0.349 e. The molecule has 1 aliphatic carbocycles. The number of carbonyl (C=O) groups is 1. The SMILES string of the molecule is O=C(NC1CC2(C1)c1ccccc1-c1cncn12)c1ccc(-c2ccccc2)cc1. The van der Waals surface area contributed by atoms with E-state index in [2.05, 4.69) is 51.3 Å². The minimum absolute atomic E-state index is 0.00778. The second-order valence-corrected chi connectivity index (χ2v) is 8.25. The first-order valence-corrected chi connectivity index (χ1v) is 10.3. The van der Waals surface area contributed by atoms with Gasteiger partial charge in [0.05, 0.1) is 23.8 Å². The number of aromatic nitrogens is 2. The second kappa shape index (κ2) is 6.42. The maximum absolute atomic E-state index is 12.8. The van der Waals surface area contributed by atoms with Crippen LogP contribution in [0.25, 0.3) is 22.4 Å². The Kier molecular flexibility index (Phi) is 3.69. The number of fused-ring (bicyclic) bond motifs is 5. The maximum atomic E-state index is 12.8. The van der Waals surface area contributed by atoms with Gasteiger partial charge in [-0.05, 0) is 41.7 Å². The lowest BCUT2D eigenvalue weighted by Gasteiger charge is -2.47. The highest BCUT2D eigenvalue weighted by Crippen LogP contribution is 2.54. The van der Waals surface area contributed by atoms with E-state index in [1.54, 1.807) is 0 Å². The molecule has 0 unspecified atom stereocenters. The number of hydrogen-bond acceptors (Lipinski definition) is 2. The van der Waals surface area contributed by atoms with Crippen molar-refractivity contribution in [2.75, 3.05) is 0 Å². The Balaban J connectivity index is 1.18. The second-order valence-electron chi connectivity index (χ2n) is 8.25. The average Bonchev–Trinajstić information content (AvgIpc) is 3.35. The van der Waals surface area contributed by atoms with Gasteiger partial charge in [0.15, 0.2) is 0 Å². The van der Waals surface area contributed by atoms with Crippen molar-refractivity contribution >= 4 is 5.91 Å². The maximum Gasteiger partial charge on any atom is 0.251 e. The van der Waals surface area contributed by atoms with Crippen molar-refractivity contribution in [2.24, 2.45) is 0 Å². The van der Waals surface area contributed by atoms with Crippen LogP contribution in [-0.4, -0.2) is 21.5 Å². The van der Waals surface area contributed by atoms with Gasteiger partial charge in [0.2, 0.25) is 0 Å². The molecule has 1 spiro atoms. The van der Waals surface area contributed by atoms with Crippen LogP contribution in [-0.2, 0) is 5.54 Å². The highest BCUT2D eigenvalue weighted by Gasteiger charge is 2.52. The molecule has 4 heteroatoms. The van der Waals surface area contributed by atoms with Crippen LogP contribution in [0.1, 0.15) is 28.8 Å². The molecule has 1 fully saturated rings. The van der Waals surface area contributed by atoms with Gasteiger partial charge >= 0.3 is 0 Å². The molecule has 146 valence electrons. The fourth-order valence-corrected chi connectivity index (χ4v) is 5.06. The van der Waals surface area contributed by atoms with E-state index in [4.69, 9.17) is 0 Å². The molecule has 0 radical (unpaired) electrons.